The van der Waals surface area contributed by atoms with Gasteiger partial charge in [-0.2, -0.15) is 0 Å². The molecule has 0 bridgehead atoms. The lowest BCUT2D eigenvalue weighted by molar-refractivity contribution is 0.0949. The van der Waals surface area contributed by atoms with Gasteiger partial charge in [0, 0.05) is 17.7 Å². The molecule has 0 aliphatic rings. The van der Waals surface area contributed by atoms with Crippen molar-refractivity contribution in [1.29, 1.82) is 0 Å². The summed E-state index contributed by atoms with van der Waals surface area (Å²) in [4.78, 5) is 22.7. The third kappa shape index (κ3) is 3.42. The molecule has 0 heterocycles. The number of benzene rings is 2. The summed E-state index contributed by atoms with van der Waals surface area (Å²) in [6.45, 7) is 0.409. The molecule has 4 heteroatoms. The Morgan fingerprint density at radius 1 is 0.895 bits per heavy atom. The van der Waals surface area contributed by atoms with Crippen molar-refractivity contribution >= 4 is 11.8 Å². The largest absolute Gasteiger partial charge is 0.366 e. The lowest BCUT2D eigenvalue weighted by Gasteiger charge is -2.05. The van der Waals surface area contributed by atoms with Crippen LogP contribution in [0, 0.1) is 0 Å². The Balaban J connectivity index is 1.95. The van der Waals surface area contributed by atoms with Gasteiger partial charge in [0.25, 0.3) is 5.91 Å². The second-order valence-corrected chi connectivity index (χ2v) is 4.11. The van der Waals surface area contributed by atoms with E-state index in [-0.39, 0.29) is 5.91 Å². The Kier molecular flexibility index (Phi) is 3.93. The topological polar surface area (TPSA) is 72.2 Å². The van der Waals surface area contributed by atoms with Gasteiger partial charge in [-0.3, -0.25) is 9.59 Å². The molecule has 4 nitrogen and oxygen atoms in total. The maximum atomic E-state index is 11.8. The smallest absolute Gasteiger partial charge is 0.251 e. The highest BCUT2D eigenvalue weighted by Gasteiger charge is 2.04. The van der Waals surface area contributed by atoms with Crippen LogP contribution in [-0.2, 0) is 6.54 Å². The van der Waals surface area contributed by atoms with Crippen molar-refractivity contribution in [2.45, 2.75) is 6.54 Å². The summed E-state index contributed by atoms with van der Waals surface area (Å²) in [7, 11) is 0. The zero-order valence-electron chi connectivity index (χ0n) is 10.3. The van der Waals surface area contributed by atoms with E-state index in [9.17, 15) is 9.59 Å². The summed E-state index contributed by atoms with van der Waals surface area (Å²) in [5, 5.41) is 2.81. The van der Waals surface area contributed by atoms with E-state index in [1.54, 1.807) is 36.4 Å². The predicted molar refractivity (Wildman–Crippen MR) is 72.6 cm³/mol. The molecule has 2 amide bonds. The second kappa shape index (κ2) is 5.82. The molecule has 0 aliphatic carbocycles. The first kappa shape index (κ1) is 12.8. The first-order valence-electron chi connectivity index (χ1n) is 5.89. The van der Waals surface area contributed by atoms with Crippen molar-refractivity contribution in [3.05, 3.63) is 71.3 Å². The Hall–Kier alpha value is -2.62. The Morgan fingerprint density at radius 3 is 2.11 bits per heavy atom. The van der Waals surface area contributed by atoms with E-state index >= 15 is 0 Å². The van der Waals surface area contributed by atoms with Crippen LogP contribution in [0.3, 0.4) is 0 Å². The van der Waals surface area contributed by atoms with Crippen LogP contribution in [0.2, 0.25) is 0 Å². The molecular weight excluding hydrogens is 240 g/mol. The van der Waals surface area contributed by atoms with Crippen molar-refractivity contribution in [3.8, 4) is 0 Å². The molecule has 2 aromatic carbocycles. The highest BCUT2D eigenvalue weighted by molar-refractivity contribution is 5.94. The van der Waals surface area contributed by atoms with Gasteiger partial charge in [0.1, 0.15) is 0 Å². The first-order chi connectivity index (χ1) is 9.16. The summed E-state index contributed by atoms with van der Waals surface area (Å²) in [5.41, 5.74) is 7.14. The Labute approximate surface area is 111 Å². The number of nitrogens with two attached hydrogens (primary N) is 1. The average Bonchev–Trinajstić information content (AvgIpc) is 2.46. The Morgan fingerprint density at radius 2 is 1.53 bits per heavy atom. The molecule has 0 aromatic heterocycles. The fourth-order valence-electron chi connectivity index (χ4n) is 1.66. The molecule has 0 saturated heterocycles. The molecule has 2 rings (SSSR count). The number of carbonyl (C=O) groups is 2. The summed E-state index contributed by atoms with van der Waals surface area (Å²) in [6.07, 6.45) is 0. The summed E-state index contributed by atoms with van der Waals surface area (Å²) < 4.78 is 0. The minimum absolute atomic E-state index is 0.125. The van der Waals surface area contributed by atoms with Crippen LogP contribution in [0.4, 0.5) is 0 Å². The lowest BCUT2D eigenvalue weighted by atomic mass is 10.1. The van der Waals surface area contributed by atoms with E-state index in [2.05, 4.69) is 5.32 Å². The van der Waals surface area contributed by atoms with E-state index in [4.69, 9.17) is 5.73 Å². The van der Waals surface area contributed by atoms with Crippen LogP contribution < -0.4 is 11.1 Å². The van der Waals surface area contributed by atoms with E-state index in [0.29, 0.717) is 17.7 Å². The summed E-state index contributed by atoms with van der Waals surface area (Å²) >= 11 is 0. The van der Waals surface area contributed by atoms with Gasteiger partial charge in [0.05, 0.1) is 0 Å². The zero-order chi connectivity index (χ0) is 13.7. The molecule has 96 valence electrons. The van der Waals surface area contributed by atoms with Crippen LogP contribution in [0.25, 0.3) is 0 Å². The average molecular weight is 254 g/mol. The molecule has 19 heavy (non-hydrogen) atoms. The molecule has 0 spiro atoms. The molecule has 3 N–H and O–H groups in total. The predicted octanol–water partition coefficient (Wildman–Crippen LogP) is 1.72. The van der Waals surface area contributed by atoms with Crippen LogP contribution in [0.15, 0.2) is 54.6 Å². The van der Waals surface area contributed by atoms with Gasteiger partial charge in [-0.1, -0.05) is 30.3 Å². The molecule has 0 fully saturated rings. The monoisotopic (exact) mass is 254 g/mol. The fraction of sp³-hybridized carbons (Fsp3) is 0.0667. The summed E-state index contributed by atoms with van der Waals surface area (Å²) in [6, 6.07) is 15.8. The highest BCUT2D eigenvalue weighted by Crippen LogP contribution is 2.04. The van der Waals surface area contributed by atoms with E-state index in [1.165, 1.54) is 0 Å². The lowest BCUT2D eigenvalue weighted by Crippen LogP contribution is -2.22. The quantitative estimate of drug-likeness (QED) is 0.871. The molecule has 0 atom stereocenters. The number of hydrogen-bond acceptors (Lipinski definition) is 2. The fourth-order valence-corrected chi connectivity index (χ4v) is 1.66. The third-order valence-corrected chi connectivity index (χ3v) is 2.73. The van der Waals surface area contributed by atoms with Crippen LogP contribution in [0.5, 0.6) is 0 Å². The number of carbonyl (C=O) groups excluding carboxylic acids is 2. The van der Waals surface area contributed by atoms with Crippen molar-refractivity contribution in [2.24, 2.45) is 5.73 Å². The number of rotatable bonds is 4. The SMILES string of the molecule is NC(=O)c1ccc(CNC(=O)c2ccccc2)cc1. The second-order valence-electron chi connectivity index (χ2n) is 4.11. The number of amides is 2. The van der Waals surface area contributed by atoms with Gasteiger partial charge in [-0.25, -0.2) is 0 Å². The van der Waals surface area contributed by atoms with E-state index < -0.39 is 5.91 Å². The van der Waals surface area contributed by atoms with Crippen LogP contribution in [0.1, 0.15) is 26.3 Å². The van der Waals surface area contributed by atoms with E-state index in [0.717, 1.165) is 5.56 Å². The maximum absolute atomic E-state index is 11.8. The van der Waals surface area contributed by atoms with Gasteiger partial charge in [-0.15, -0.1) is 0 Å². The van der Waals surface area contributed by atoms with Gasteiger partial charge in [0.2, 0.25) is 5.91 Å². The van der Waals surface area contributed by atoms with Crippen molar-refractivity contribution < 1.29 is 9.59 Å². The Bertz CT molecular complexity index is 577. The van der Waals surface area contributed by atoms with Crippen LogP contribution >= 0.6 is 0 Å². The third-order valence-electron chi connectivity index (χ3n) is 2.73. The molecule has 0 saturated carbocycles. The normalized spacial score (nSPS) is 9.89. The van der Waals surface area contributed by atoms with Gasteiger partial charge in [-0.05, 0) is 29.8 Å². The minimum Gasteiger partial charge on any atom is -0.366 e. The number of nitrogens with one attached hydrogen (secondary N) is 1. The molecular formula is C15H14N2O2. The number of hydrogen-bond donors (Lipinski definition) is 2. The van der Waals surface area contributed by atoms with Gasteiger partial charge >= 0.3 is 0 Å². The molecule has 0 radical (unpaired) electrons. The van der Waals surface area contributed by atoms with Crippen molar-refractivity contribution in [2.75, 3.05) is 0 Å². The molecule has 0 aliphatic heterocycles. The van der Waals surface area contributed by atoms with Gasteiger partial charge < -0.3 is 11.1 Å². The maximum Gasteiger partial charge on any atom is 0.251 e. The van der Waals surface area contributed by atoms with E-state index in [1.807, 2.05) is 18.2 Å². The minimum atomic E-state index is -0.458. The van der Waals surface area contributed by atoms with Gasteiger partial charge in [0.15, 0.2) is 0 Å². The van der Waals surface area contributed by atoms with Crippen molar-refractivity contribution in [1.82, 2.24) is 5.32 Å². The van der Waals surface area contributed by atoms with Crippen molar-refractivity contribution in [3.63, 3.8) is 0 Å². The molecule has 2 aromatic rings. The molecule has 0 unspecified atom stereocenters. The first-order valence-corrected chi connectivity index (χ1v) is 5.89. The van der Waals surface area contributed by atoms with Crippen LogP contribution in [-0.4, -0.2) is 11.8 Å². The summed E-state index contributed by atoms with van der Waals surface area (Å²) in [5.74, 6) is -0.584. The highest BCUT2D eigenvalue weighted by atomic mass is 16.2. The zero-order valence-corrected chi connectivity index (χ0v) is 10.3. The number of primary amides is 1. The standard InChI is InChI=1S/C15H14N2O2/c16-14(18)12-8-6-11(7-9-12)10-17-15(19)13-4-2-1-3-5-13/h1-9H,10H2,(H2,16,18)(H,17,19).